The molecule has 0 radical (unpaired) electrons. The second-order valence-corrected chi connectivity index (χ2v) is 3.33. The molecule has 5 heteroatoms. The van der Waals surface area contributed by atoms with Gasteiger partial charge in [-0.1, -0.05) is 6.07 Å². The third-order valence-corrected chi connectivity index (χ3v) is 1.94. The van der Waals surface area contributed by atoms with E-state index in [-0.39, 0.29) is 11.8 Å². The highest BCUT2D eigenvalue weighted by atomic mass is 19.1. The third-order valence-electron chi connectivity index (χ3n) is 1.94. The Hall–Kier alpha value is -2.17. The first-order chi connectivity index (χ1) is 7.65. The largest absolute Gasteiger partial charge is 0.421 e. The van der Waals surface area contributed by atoms with Gasteiger partial charge in [-0.25, -0.2) is 14.4 Å². The number of halogens is 1. The fraction of sp³-hybridized carbons (Fsp3) is 0.0909. The van der Waals surface area contributed by atoms with Crippen LogP contribution >= 0.6 is 0 Å². The van der Waals surface area contributed by atoms with Crippen molar-refractivity contribution in [1.29, 1.82) is 0 Å². The number of aromatic nitrogens is 2. The van der Waals surface area contributed by atoms with E-state index in [2.05, 4.69) is 9.97 Å². The molecule has 1 aromatic heterocycles. The molecule has 0 atom stereocenters. The summed E-state index contributed by atoms with van der Waals surface area (Å²) in [7, 11) is 0. The summed E-state index contributed by atoms with van der Waals surface area (Å²) in [4.78, 5) is 7.64. The third kappa shape index (κ3) is 2.25. The molecule has 0 saturated heterocycles. The van der Waals surface area contributed by atoms with Crippen LogP contribution in [-0.2, 0) is 0 Å². The van der Waals surface area contributed by atoms with Gasteiger partial charge in [-0.3, -0.25) is 0 Å². The van der Waals surface area contributed by atoms with E-state index in [0.717, 1.165) is 5.56 Å². The molecular formula is C11H10FN3O. The number of aryl methyl sites for hydroxylation is 1. The molecule has 2 N–H and O–H groups in total. The summed E-state index contributed by atoms with van der Waals surface area (Å²) in [6.45, 7) is 1.84. The molecule has 0 bridgehead atoms. The standard InChI is InChI=1S/C11H10FN3O/c1-7-2-3-9(12)10(4-7)16-11-14-5-8(13)6-15-11/h2-6H,13H2,1H3. The quantitative estimate of drug-likeness (QED) is 0.841. The van der Waals surface area contributed by atoms with Gasteiger partial charge < -0.3 is 10.5 Å². The minimum absolute atomic E-state index is 0.0682. The molecule has 0 aliphatic carbocycles. The first-order valence-electron chi connectivity index (χ1n) is 4.66. The Balaban J connectivity index is 2.26. The lowest BCUT2D eigenvalue weighted by Gasteiger charge is -2.05. The van der Waals surface area contributed by atoms with Crippen LogP contribution in [0.3, 0.4) is 0 Å². The van der Waals surface area contributed by atoms with Gasteiger partial charge in [0.05, 0.1) is 18.1 Å². The van der Waals surface area contributed by atoms with Crippen molar-refractivity contribution in [3.05, 3.63) is 42.0 Å². The highest BCUT2D eigenvalue weighted by Gasteiger charge is 2.06. The van der Waals surface area contributed by atoms with Crippen molar-refractivity contribution < 1.29 is 9.13 Å². The number of benzene rings is 1. The van der Waals surface area contributed by atoms with Gasteiger partial charge in [-0.05, 0) is 24.6 Å². The maximum Gasteiger partial charge on any atom is 0.322 e. The first-order valence-corrected chi connectivity index (χ1v) is 4.66. The van der Waals surface area contributed by atoms with Crippen LogP contribution in [0.4, 0.5) is 10.1 Å². The highest BCUT2D eigenvalue weighted by molar-refractivity contribution is 5.34. The number of ether oxygens (including phenoxy) is 1. The molecule has 1 aromatic carbocycles. The molecule has 82 valence electrons. The minimum atomic E-state index is -0.453. The minimum Gasteiger partial charge on any atom is -0.421 e. The molecular weight excluding hydrogens is 209 g/mol. The van der Waals surface area contributed by atoms with Crippen LogP contribution in [0.1, 0.15) is 5.56 Å². The molecule has 1 heterocycles. The Kier molecular flexibility index (Phi) is 2.68. The van der Waals surface area contributed by atoms with Crippen LogP contribution in [0.5, 0.6) is 11.8 Å². The van der Waals surface area contributed by atoms with Crippen molar-refractivity contribution in [2.75, 3.05) is 5.73 Å². The van der Waals surface area contributed by atoms with Gasteiger partial charge in [0.25, 0.3) is 0 Å². The lowest BCUT2D eigenvalue weighted by molar-refractivity contribution is 0.411. The summed E-state index contributed by atoms with van der Waals surface area (Å²) in [5, 5.41) is 0. The summed E-state index contributed by atoms with van der Waals surface area (Å²) in [6, 6.07) is 4.64. The maximum atomic E-state index is 13.3. The topological polar surface area (TPSA) is 61.0 Å². The van der Waals surface area contributed by atoms with Crippen LogP contribution in [0.2, 0.25) is 0 Å². The molecule has 0 aliphatic heterocycles. The fourth-order valence-electron chi connectivity index (χ4n) is 1.17. The van der Waals surface area contributed by atoms with Gasteiger partial charge in [0.2, 0.25) is 0 Å². The zero-order valence-electron chi connectivity index (χ0n) is 8.64. The average Bonchev–Trinajstić information content (AvgIpc) is 2.27. The highest BCUT2D eigenvalue weighted by Crippen LogP contribution is 2.22. The zero-order valence-corrected chi connectivity index (χ0v) is 8.64. The Morgan fingerprint density at radius 1 is 1.25 bits per heavy atom. The predicted octanol–water partition coefficient (Wildman–Crippen LogP) is 2.30. The molecule has 2 rings (SSSR count). The van der Waals surface area contributed by atoms with Crippen molar-refractivity contribution in [2.45, 2.75) is 6.92 Å². The molecule has 0 amide bonds. The normalized spacial score (nSPS) is 10.1. The molecule has 0 saturated carbocycles. The van der Waals surface area contributed by atoms with Crippen LogP contribution in [-0.4, -0.2) is 9.97 Å². The Bertz CT molecular complexity index is 499. The van der Waals surface area contributed by atoms with Crippen molar-refractivity contribution >= 4 is 5.69 Å². The second kappa shape index (κ2) is 4.14. The maximum absolute atomic E-state index is 13.3. The van der Waals surface area contributed by atoms with Gasteiger partial charge in [0, 0.05) is 0 Å². The van der Waals surface area contributed by atoms with Gasteiger partial charge in [0.15, 0.2) is 11.6 Å². The van der Waals surface area contributed by atoms with Gasteiger partial charge in [0.1, 0.15) is 0 Å². The first kappa shape index (κ1) is 10.4. The number of hydrogen-bond donors (Lipinski definition) is 1. The number of rotatable bonds is 2. The number of anilines is 1. The van der Waals surface area contributed by atoms with E-state index >= 15 is 0 Å². The summed E-state index contributed by atoms with van der Waals surface area (Å²) < 4.78 is 18.5. The van der Waals surface area contributed by atoms with E-state index in [4.69, 9.17) is 10.5 Å². The van der Waals surface area contributed by atoms with Crippen molar-refractivity contribution in [3.63, 3.8) is 0 Å². The van der Waals surface area contributed by atoms with E-state index in [1.165, 1.54) is 18.5 Å². The smallest absolute Gasteiger partial charge is 0.322 e. The Labute approximate surface area is 91.9 Å². The Morgan fingerprint density at radius 2 is 1.94 bits per heavy atom. The number of nitrogens with two attached hydrogens (primary N) is 1. The second-order valence-electron chi connectivity index (χ2n) is 3.33. The molecule has 0 spiro atoms. The monoisotopic (exact) mass is 219 g/mol. The van der Waals surface area contributed by atoms with Gasteiger partial charge in [-0.2, -0.15) is 0 Å². The lowest BCUT2D eigenvalue weighted by Crippen LogP contribution is -1.95. The average molecular weight is 219 g/mol. The van der Waals surface area contributed by atoms with E-state index in [0.29, 0.717) is 5.69 Å². The van der Waals surface area contributed by atoms with Crippen LogP contribution in [0.25, 0.3) is 0 Å². The SMILES string of the molecule is Cc1ccc(F)c(Oc2ncc(N)cn2)c1. The molecule has 0 unspecified atom stereocenters. The zero-order chi connectivity index (χ0) is 11.5. The molecule has 4 nitrogen and oxygen atoms in total. The summed E-state index contributed by atoms with van der Waals surface area (Å²) in [5.41, 5.74) is 6.74. The van der Waals surface area contributed by atoms with Gasteiger partial charge >= 0.3 is 6.01 Å². The van der Waals surface area contributed by atoms with Crippen molar-refractivity contribution in [2.24, 2.45) is 0 Å². The van der Waals surface area contributed by atoms with Crippen LogP contribution < -0.4 is 10.5 Å². The van der Waals surface area contributed by atoms with E-state index in [9.17, 15) is 4.39 Å². The van der Waals surface area contributed by atoms with Crippen molar-refractivity contribution in [1.82, 2.24) is 9.97 Å². The number of nitrogen functional groups attached to an aromatic ring is 1. The van der Waals surface area contributed by atoms with E-state index in [1.807, 2.05) is 6.92 Å². The van der Waals surface area contributed by atoms with Crippen LogP contribution in [0.15, 0.2) is 30.6 Å². The van der Waals surface area contributed by atoms with Crippen LogP contribution in [0, 0.1) is 12.7 Å². The summed E-state index contributed by atoms with van der Waals surface area (Å²) in [6.07, 6.45) is 2.80. The fourth-order valence-corrected chi connectivity index (χ4v) is 1.17. The summed E-state index contributed by atoms with van der Waals surface area (Å²) in [5.74, 6) is -0.351. The van der Waals surface area contributed by atoms with E-state index < -0.39 is 5.82 Å². The lowest BCUT2D eigenvalue weighted by atomic mass is 10.2. The molecule has 0 aliphatic rings. The number of hydrogen-bond acceptors (Lipinski definition) is 4. The van der Waals surface area contributed by atoms with Gasteiger partial charge in [-0.15, -0.1) is 0 Å². The molecule has 2 aromatic rings. The predicted molar refractivity (Wildman–Crippen MR) is 57.7 cm³/mol. The van der Waals surface area contributed by atoms with E-state index in [1.54, 1.807) is 12.1 Å². The number of nitrogens with zero attached hydrogens (tertiary/aromatic N) is 2. The van der Waals surface area contributed by atoms with Crippen molar-refractivity contribution in [3.8, 4) is 11.8 Å². The molecule has 0 fully saturated rings. The Morgan fingerprint density at radius 3 is 2.62 bits per heavy atom. The summed E-state index contributed by atoms with van der Waals surface area (Å²) >= 11 is 0. The molecule has 16 heavy (non-hydrogen) atoms.